The van der Waals surface area contributed by atoms with Gasteiger partial charge in [-0.3, -0.25) is 4.79 Å². The zero-order valence-corrected chi connectivity index (χ0v) is 12.3. The Kier molecular flexibility index (Phi) is 3.08. The summed E-state index contributed by atoms with van der Waals surface area (Å²) in [5, 5.41) is 1.34. The lowest BCUT2D eigenvalue weighted by molar-refractivity contribution is 0.680. The number of rotatable bonds is 2. The molecule has 0 spiro atoms. The molecule has 0 N–H and O–H groups in total. The van der Waals surface area contributed by atoms with Crippen LogP contribution in [0, 0.1) is 0 Å². The molecule has 0 fully saturated rings. The van der Waals surface area contributed by atoms with E-state index in [1.165, 1.54) is 10.5 Å². The van der Waals surface area contributed by atoms with Crippen LogP contribution in [0.1, 0.15) is 5.56 Å². The van der Waals surface area contributed by atoms with E-state index in [1.54, 1.807) is 6.07 Å². The van der Waals surface area contributed by atoms with E-state index in [4.69, 9.17) is 0 Å². The van der Waals surface area contributed by atoms with Crippen LogP contribution < -0.4 is 5.43 Å². The average Bonchev–Trinajstić information content (AvgIpc) is 2.93. The molecule has 4 rings (SSSR count). The fourth-order valence-electron chi connectivity index (χ4n) is 2.99. The Hall–Kier alpha value is -2.00. The highest BCUT2D eigenvalue weighted by Crippen LogP contribution is 2.37. The molecule has 1 atom stereocenters. The van der Waals surface area contributed by atoms with Crippen LogP contribution in [0.3, 0.4) is 0 Å². The first-order chi connectivity index (χ1) is 10.3. The van der Waals surface area contributed by atoms with Crippen molar-refractivity contribution in [2.24, 2.45) is 0 Å². The van der Waals surface area contributed by atoms with Gasteiger partial charge < -0.3 is 4.57 Å². The highest BCUT2D eigenvalue weighted by molar-refractivity contribution is 8.00. The summed E-state index contributed by atoms with van der Waals surface area (Å²) < 4.78 is 2.21. The Morgan fingerprint density at radius 2 is 1.86 bits per heavy atom. The molecule has 1 aromatic heterocycles. The van der Waals surface area contributed by atoms with Crippen molar-refractivity contribution in [1.29, 1.82) is 0 Å². The van der Waals surface area contributed by atoms with Crippen LogP contribution >= 0.6 is 11.8 Å². The van der Waals surface area contributed by atoms with E-state index in [2.05, 4.69) is 28.8 Å². The number of nitrogens with zero attached hydrogens (tertiary/aromatic N) is 1. The molecule has 2 aromatic carbocycles. The summed E-state index contributed by atoms with van der Waals surface area (Å²) in [5.41, 5.74) is 2.57. The number of aromatic nitrogens is 1. The first kappa shape index (κ1) is 12.7. The van der Waals surface area contributed by atoms with E-state index < -0.39 is 0 Å². The van der Waals surface area contributed by atoms with Crippen molar-refractivity contribution in [3.63, 3.8) is 0 Å². The summed E-state index contributed by atoms with van der Waals surface area (Å²) in [6, 6.07) is 18.2. The maximum atomic E-state index is 11.9. The summed E-state index contributed by atoms with van der Waals surface area (Å²) in [7, 11) is 0. The number of hydrogen-bond acceptors (Lipinski definition) is 2. The van der Waals surface area contributed by atoms with E-state index in [1.807, 2.05) is 42.2 Å². The summed E-state index contributed by atoms with van der Waals surface area (Å²) in [5.74, 6) is 0. The summed E-state index contributed by atoms with van der Waals surface area (Å²) in [4.78, 5) is 13.3. The Bertz CT molecular complexity index is 843. The summed E-state index contributed by atoms with van der Waals surface area (Å²) in [6.07, 6.45) is 3.02. The molecule has 0 radical (unpaired) electrons. The molecule has 2 nitrogen and oxygen atoms in total. The Morgan fingerprint density at radius 3 is 2.76 bits per heavy atom. The van der Waals surface area contributed by atoms with Crippen LogP contribution in [0.15, 0.2) is 70.5 Å². The third-order valence-electron chi connectivity index (χ3n) is 4.00. The molecule has 1 unspecified atom stereocenters. The van der Waals surface area contributed by atoms with Crippen molar-refractivity contribution < 1.29 is 0 Å². The number of hydrogen-bond donors (Lipinski definition) is 0. The topological polar surface area (TPSA) is 22.0 Å². The van der Waals surface area contributed by atoms with E-state index in [9.17, 15) is 4.79 Å². The minimum atomic E-state index is 0.101. The van der Waals surface area contributed by atoms with Gasteiger partial charge in [0.1, 0.15) is 0 Å². The molecule has 3 heteroatoms. The zero-order valence-electron chi connectivity index (χ0n) is 11.5. The summed E-state index contributed by atoms with van der Waals surface area (Å²) >= 11 is 1.94. The number of pyridine rings is 1. The zero-order chi connectivity index (χ0) is 14.2. The van der Waals surface area contributed by atoms with E-state index in [0.717, 1.165) is 23.9 Å². The molecule has 0 aliphatic carbocycles. The van der Waals surface area contributed by atoms with Gasteiger partial charge in [-0.1, -0.05) is 30.3 Å². The van der Waals surface area contributed by atoms with Gasteiger partial charge in [0.05, 0.1) is 5.52 Å². The predicted molar refractivity (Wildman–Crippen MR) is 88.0 cm³/mol. The molecule has 3 aromatic rings. The lowest BCUT2D eigenvalue weighted by Gasteiger charge is -2.14. The molecule has 0 saturated carbocycles. The lowest BCUT2D eigenvalue weighted by Crippen LogP contribution is -2.15. The minimum absolute atomic E-state index is 0.101. The van der Waals surface area contributed by atoms with Crippen molar-refractivity contribution in [2.45, 2.75) is 23.1 Å². The third-order valence-corrected chi connectivity index (χ3v) is 5.30. The van der Waals surface area contributed by atoms with Crippen LogP contribution in [0.25, 0.3) is 10.9 Å². The number of para-hydroxylation sites is 1. The fraction of sp³-hybridized carbons (Fsp3) is 0.167. The van der Waals surface area contributed by atoms with Gasteiger partial charge in [0.25, 0.3) is 0 Å². The van der Waals surface area contributed by atoms with E-state index in [-0.39, 0.29) is 5.43 Å². The standard InChI is InChI=1S/C18H15NOS/c20-17-9-10-19(16-7-3-2-6-15(16)17)12-14-11-13-5-1-4-8-18(13)21-14/h1-10,14H,11-12H2. The molecule has 0 saturated heterocycles. The second-order valence-corrected chi connectivity index (χ2v) is 6.74. The average molecular weight is 293 g/mol. The number of benzene rings is 2. The van der Waals surface area contributed by atoms with Crippen LogP contribution in [0.5, 0.6) is 0 Å². The van der Waals surface area contributed by atoms with Crippen molar-refractivity contribution in [3.8, 4) is 0 Å². The van der Waals surface area contributed by atoms with Crippen LogP contribution in [0.4, 0.5) is 0 Å². The molecule has 0 bridgehead atoms. The van der Waals surface area contributed by atoms with Crippen LogP contribution in [-0.4, -0.2) is 9.82 Å². The Morgan fingerprint density at radius 1 is 1.05 bits per heavy atom. The van der Waals surface area contributed by atoms with Crippen LogP contribution in [-0.2, 0) is 13.0 Å². The second-order valence-electron chi connectivity index (χ2n) is 5.40. The molecule has 21 heavy (non-hydrogen) atoms. The monoisotopic (exact) mass is 293 g/mol. The first-order valence-electron chi connectivity index (χ1n) is 7.14. The van der Waals surface area contributed by atoms with Gasteiger partial charge in [-0.25, -0.2) is 0 Å². The molecule has 2 heterocycles. The first-order valence-corrected chi connectivity index (χ1v) is 8.02. The largest absolute Gasteiger partial charge is 0.346 e. The molecule has 0 amide bonds. The van der Waals surface area contributed by atoms with Gasteiger partial charge in [0.2, 0.25) is 0 Å². The van der Waals surface area contributed by atoms with Gasteiger partial charge >= 0.3 is 0 Å². The maximum Gasteiger partial charge on any atom is 0.189 e. The third kappa shape index (κ3) is 2.28. The molecule has 1 aliphatic heterocycles. The van der Waals surface area contributed by atoms with Crippen molar-refractivity contribution in [3.05, 3.63) is 76.6 Å². The van der Waals surface area contributed by atoms with Crippen molar-refractivity contribution in [2.75, 3.05) is 0 Å². The molecule has 104 valence electrons. The van der Waals surface area contributed by atoms with E-state index >= 15 is 0 Å². The summed E-state index contributed by atoms with van der Waals surface area (Å²) in [6.45, 7) is 0.931. The Labute approximate surface area is 127 Å². The molecular formula is C18H15NOS. The normalized spacial score (nSPS) is 17.0. The van der Waals surface area contributed by atoms with E-state index in [0.29, 0.717) is 5.25 Å². The van der Waals surface area contributed by atoms with Crippen molar-refractivity contribution in [1.82, 2.24) is 4.57 Å². The van der Waals surface area contributed by atoms with Gasteiger partial charge in [0.15, 0.2) is 5.43 Å². The molecule has 1 aliphatic rings. The van der Waals surface area contributed by atoms with Gasteiger partial charge in [-0.05, 0) is 30.2 Å². The Balaban J connectivity index is 1.68. The predicted octanol–water partition coefficient (Wildman–Crippen LogP) is 3.72. The van der Waals surface area contributed by atoms with Crippen LogP contribution in [0.2, 0.25) is 0 Å². The minimum Gasteiger partial charge on any atom is -0.346 e. The maximum absolute atomic E-state index is 11.9. The number of thioether (sulfide) groups is 1. The van der Waals surface area contributed by atoms with Crippen molar-refractivity contribution >= 4 is 22.7 Å². The highest BCUT2D eigenvalue weighted by atomic mass is 32.2. The number of fused-ring (bicyclic) bond motifs is 2. The highest BCUT2D eigenvalue weighted by Gasteiger charge is 2.22. The molecular weight excluding hydrogens is 278 g/mol. The van der Waals surface area contributed by atoms with Gasteiger partial charge in [0, 0.05) is 34.3 Å². The smallest absolute Gasteiger partial charge is 0.189 e. The fourth-order valence-corrected chi connectivity index (χ4v) is 4.31. The lowest BCUT2D eigenvalue weighted by atomic mass is 10.1. The van der Waals surface area contributed by atoms with Gasteiger partial charge in [-0.15, -0.1) is 11.8 Å². The SMILES string of the molecule is O=c1ccn(CC2Cc3ccccc3S2)c2ccccc12. The quantitative estimate of drug-likeness (QED) is 0.718. The van der Waals surface area contributed by atoms with Gasteiger partial charge in [-0.2, -0.15) is 0 Å². The second kappa shape index (κ2) is 5.08.